The molecule has 8 aromatic rings. The first-order valence-electron chi connectivity index (χ1n) is 19.0. The Morgan fingerprint density at radius 1 is 0.774 bits per heavy atom. The molecule has 53 heavy (non-hydrogen) atoms. The molecule has 3 heterocycles. The van der Waals surface area contributed by atoms with Crippen LogP contribution < -0.4 is 4.40 Å². The van der Waals surface area contributed by atoms with Crippen molar-refractivity contribution >= 4 is 61.8 Å². The zero-order valence-electron chi connectivity index (χ0n) is 32.6. The fraction of sp³-hybridized carbons (Fsp3) is 0.167. The second-order valence-corrected chi connectivity index (χ2v) is 25.3. The van der Waals surface area contributed by atoms with Crippen molar-refractivity contribution in [2.75, 3.05) is 0 Å². The van der Waals surface area contributed by atoms with E-state index in [9.17, 15) is 0 Å². The molecule has 0 spiro atoms. The number of furan rings is 1. The molecule has 0 saturated heterocycles. The Kier molecular flexibility index (Phi) is 9.93. The van der Waals surface area contributed by atoms with Crippen LogP contribution in [0.2, 0.25) is 17.3 Å². The summed E-state index contributed by atoms with van der Waals surface area (Å²) in [5.41, 5.74) is 9.67. The van der Waals surface area contributed by atoms with Crippen LogP contribution in [0.25, 0.3) is 44.0 Å². The first kappa shape index (κ1) is 34.2. The van der Waals surface area contributed by atoms with Gasteiger partial charge < -0.3 is 4.42 Å². The number of nitrogens with zero attached hydrogens (tertiary/aromatic N) is 2. The second kappa shape index (κ2) is 15.4. The Labute approximate surface area is 331 Å². The van der Waals surface area contributed by atoms with Crippen molar-refractivity contribution in [3.8, 4) is 11.3 Å². The van der Waals surface area contributed by atoms with Crippen LogP contribution in [-0.2, 0) is 26.5 Å². The quantitative estimate of drug-likeness (QED) is 0.123. The van der Waals surface area contributed by atoms with Crippen LogP contribution in [0.5, 0.6) is 0 Å². The second-order valence-electron chi connectivity index (χ2n) is 14.7. The standard InChI is InChI=1S/C30H18NO.C18H24GeN.Ir/c1-2-9-20-18-21(17-16-19(20)8-1)28-24-11-3-5-14-26(24)31-29(28)25-13-7-12-23-22-10-4-6-15-27(22)32-30(23)25;1-14(2)11-16-12-18(15-9-7-6-8-10-15)20-13-17(16)19(3,4)5;/h1-12,14-18,28H;6-9,12-14H,11H2,1-5H3;/q2*-1;/i;11D2;. The molecule has 0 fully saturated rings. The maximum atomic E-state index is 8.56. The molecule has 0 aliphatic carbocycles. The predicted octanol–water partition coefficient (Wildman–Crippen LogP) is 12.1. The van der Waals surface area contributed by atoms with Gasteiger partial charge in [-0.2, -0.15) is 0 Å². The molecule has 0 N–H and O–H groups in total. The molecule has 0 bridgehead atoms. The van der Waals surface area contributed by atoms with E-state index in [1.807, 2.05) is 74.6 Å². The van der Waals surface area contributed by atoms with Crippen LogP contribution in [0, 0.1) is 18.1 Å². The van der Waals surface area contributed by atoms with Crippen molar-refractivity contribution < 1.29 is 27.3 Å². The number of hydrogen-bond acceptors (Lipinski definition) is 3. The van der Waals surface area contributed by atoms with Crippen LogP contribution in [0.1, 0.15) is 44.8 Å². The molecule has 1 unspecified atom stereocenters. The van der Waals surface area contributed by atoms with Crippen molar-refractivity contribution in [1.29, 1.82) is 0 Å². The SMILES string of the molecule is [2H]C([2H])(c1cc(-c2[c-]cccc2)nc[c]1[Ge]([CH3])([CH3])[CH3])C(C)C.[Ir].[c-]1ccc2c(oc3ccccc32)c1C1=Nc2ccccc2C1c1ccc2ccccc2c1. The zero-order valence-corrected chi connectivity index (χ0v) is 35.1. The van der Waals surface area contributed by atoms with E-state index in [1.165, 1.54) is 21.9 Å². The van der Waals surface area contributed by atoms with Crippen LogP contribution in [0.4, 0.5) is 5.69 Å². The van der Waals surface area contributed by atoms with Gasteiger partial charge in [-0.15, -0.1) is 18.2 Å². The Hall–Kier alpha value is -4.61. The molecule has 2 aromatic heterocycles. The number of hydrogen-bond donors (Lipinski definition) is 0. The number of fused-ring (bicyclic) bond motifs is 5. The van der Waals surface area contributed by atoms with E-state index >= 15 is 0 Å². The molecule has 5 heteroatoms. The maximum absolute atomic E-state index is 8.56. The first-order chi connectivity index (χ1) is 26.0. The van der Waals surface area contributed by atoms with E-state index < -0.39 is 19.6 Å². The number of rotatable bonds is 6. The molecule has 0 amide bonds. The number of para-hydroxylation sites is 2. The summed E-state index contributed by atoms with van der Waals surface area (Å²) in [7, 11) is 0. The van der Waals surface area contributed by atoms with Gasteiger partial charge in [-0.1, -0.05) is 89.8 Å². The molecular weight excluding hydrogens is 885 g/mol. The molecule has 3 nitrogen and oxygen atoms in total. The monoisotopic (exact) mass is 931 g/mol. The Morgan fingerprint density at radius 2 is 1.53 bits per heavy atom. The van der Waals surface area contributed by atoms with Crippen LogP contribution in [-0.4, -0.2) is 24.0 Å². The van der Waals surface area contributed by atoms with Gasteiger partial charge in [0.1, 0.15) is 5.58 Å². The van der Waals surface area contributed by atoms with E-state index in [2.05, 4.69) is 113 Å². The predicted molar refractivity (Wildman–Crippen MR) is 221 cm³/mol. The average molecular weight is 930 g/mol. The number of aromatic nitrogens is 1. The largest absolute Gasteiger partial charge is 0.501 e. The summed E-state index contributed by atoms with van der Waals surface area (Å²) < 4.78 is 24.6. The maximum Gasteiger partial charge on any atom is 0.120 e. The number of pyridine rings is 1. The van der Waals surface area contributed by atoms with Gasteiger partial charge in [0.2, 0.25) is 0 Å². The Morgan fingerprint density at radius 3 is 2.32 bits per heavy atom. The molecule has 6 aromatic carbocycles. The molecule has 0 saturated carbocycles. The van der Waals surface area contributed by atoms with Crippen molar-refractivity contribution in [3.63, 3.8) is 0 Å². The first-order valence-corrected chi connectivity index (χ1v) is 25.3. The molecule has 9 rings (SSSR count). The van der Waals surface area contributed by atoms with Gasteiger partial charge in [0.15, 0.2) is 0 Å². The molecular formula is C48H42GeIrN2O-2. The van der Waals surface area contributed by atoms with Gasteiger partial charge in [0.05, 0.1) is 11.3 Å². The van der Waals surface area contributed by atoms with E-state index in [1.54, 1.807) is 0 Å². The Balaban J connectivity index is 0.000000179. The van der Waals surface area contributed by atoms with E-state index in [4.69, 9.17) is 12.2 Å². The minimum Gasteiger partial charge on any atom is -0.501 e. The summed E-state index contributed by atoms with van der Waals surface area (Å²) in [5.74, 6) is 6.80. The van der Waals surface area contributed by atoms with E-state index in [-0.39, 0.29) is 31.9 Å². The van der Waals surface area contributed by atoms with Crippen molar-refractivity contribution in [2.24, 2.45) is 10.9 Å². The van der Waals surface area contributed by atoms with Crippen LogP contribution in [0.3, 0.4) is 0 Å². The molecule has 1 radical (unpaired) electrons. The smallest absolute Gasteiger partial charge is 0.120 e. The summed E-state index contributed by atoms with van der Waals surface area (Å²) in [6, 6.07) is 52.2. The average Bonchev–Trinajstić information content (AvgIpc) is 3.77. The zero-order chi connectivity index (χ0) is 37.6. The Bertz CT molecular complexity index is 2680. The van der Waals surface area contributed by atoms with Gasteiger partial charge in [-0.3, -0.25) is 4.99 Å². The minimum atomic E-state index is -2.20. The van der Waals surface area contributed by atoms with Gasteiger partial charge in [0.25, 0.3) is 0 Å². The fourth-order valence-electron chi connectivity index (χ4n) is 7.16. The van der Waals surface area contributed by atoms with Crippen LogP contribution >= 0.6 is 0 Å². The van der Waals surface area contributed by atoms with Crippen molar-refractivity contribution in [3.05, 3.63) is 174 Å². The van der Waals surface area contributed by atoms with Gasteiger partial charge in [-0.05, 0) is 39.7 Å². The topological polar surface area (TPSA) is 38.4 Å². The number of benzene rings is 6. The summed E-state index contributed by atoms with van der Waals surface area (Å²) in [6.45, 7) is 3.88. The van der Waals surface area contributed by atoms with Crippen molar-refractivity contribution in [1.82, 2.24) is 4.98 Å². The molecule has 265 valence electrons. The third-order valence-electron chi connectivity index (χ3n) is 9.60. The summed E-state index contributed by atoms with van der Waals surface area (Å²) in [4.78, 5) is 9.70. The normalized spacial score (nSPS) is 14.6. The number of aliphatic imine (C=N–C) groups is 1. The van der Waals surface area contributed by atoms with Gasteiger partial charge >= 0.3 is 128 Å². The third kappa shape index (κ3) is 7.46. The summed E-state index contributed by atoms with van der Waals surface area (Å²) in [5, 5.41) is 4.70. The van der Waals surface area contributed by atoms with E-state index in [0.717, 1.165) is 60.1 Å². The summed E-state index contributed by atoms with van der Waals surface area (Å²) in [6.07, 6.45) is 0.562. The van der Waals surface area contributed by atoms with E-state index in [0.29, 0.717) is 0 Å². The molecule has 1 aliphatic heterocycles. The fourth-order valence-corrected chi connectivity index (χ4v) is 10.1. The van der Waals surface area contributed by atoms with Crippen molar-refractivity contribution in [2.45, 2.75) is 43.4 Å². The molecule has 1 aliphatic rings. The van der Waals surface area contributed by atoms with Gasteiger partial charge in [0, 0.05) is 31.4 Å². The minimum absolute atomic E-state index is 0. The molecule has 1 atom stereocenters. The van der Waals surface area contributed by atoms with Crippen LogP contribution in [0.15, 0.2) is 149 Å². The third-order valence-corrected chi connectivity index (χ3v) is 13.8. The van der Waals surface area contributed by atoms with Gasteiger partial charge in [-0.25, -0.2) is 0 Å². The summed E-state index contributed by atoms with van der Waals surface area (Å²) >= 11 is -2.20.